The van der Waals surface area contributed by atoms with Gasteiger partial charge in [-0.05, 0) is 104 Å². The standard InChI is InChI=1S/C37H41NO5S/c1-44(39,40)34-18-10-29(11-19-34)35-20-12-30-26-33(42-27-28-8-4-2-5-9-28)17-21-36(30)37(35)43-32-15-13-31(14-16-32)41-25-24-38-22-6-3-7-23-38/h2,4-5,8-10,12-17,20-21,26,34H,3,6-7,11,18-19,22-25,27H2,1H3. The third-order valence-corrected chi connectivity index (χ3v) is 10.3. The lowest BCUT2D eigenvalue weighted by Crippen LogP contribution is -2.33. The van der Waals surface area contributed by atoms with E-state index in [4.69, 9.17) is 14.2 Å². The van der Waals surface area contributed by atoms with E-state index in [-0.39, 0.29) is 5.25 Å². The molecule has 0 aromatic heterocycles. The summed E-state index contributed by atoms with van der Waals surface area (Å²) >= 11 is 0. The Kier molecular flexibility index (Phi) is 9.53. The minimum Gasteiger partial charge on any atom is -0.492 e. The fraction of sp³-hybridized carbons (Fsp3) is 0.351. The molecule has 1 aliphatic heterocycles. The number of hydrogen-bond donors (Lipinski definition) is 0. The van der Waals surface area contributed by atoms with Gasteiger partial charge in [0, 0.05) is 23.8 Å². The molecule has 0 amide bonds. The average Bonchev–Trinajstić information content (AvgIpc) is 3.05. The third kappa shape index (κ3) is 7.63. The summed E-state index contributed by atoms with van der Waals surface area (Å²) in [6.45, 7) is 4.44. The highest BCUT2D eigenvalue weighted by atomic mass is 32.2. The lowest BCUT2D eigenvalue weighted by molar-refractivity contribution is 0.183. The molecule has 230 valence electrons. The van der Waals surface area contributed by atoms with Crippen LogP contribution >= 0.6 is 0 Å². The number of fused-ring (bicyclic) bond motifs is 1. The van der Waals surface area contributed by atoms with Crippen LogP contribution in [0.5, 0.6) is 23.0 Å². The predicted octanol–water partition coefficient (Wildman–Crippen LogP) is 8.06. The van der Waals surface area contributed by atoms with Crippen LogP contribution in [0.3, 0.4) is 0 Å². The van der Waals surface area contributed by atoms with Gasteiger partial charge in [0.1, 0.15) is 36.2 Å². The monoisotopic (exact) mass is 611 g/mol. The van der Waals surface area contributed by atoms with Gasteiger partial charge in [-0.2, -0.15) is 0 Å². The molecule has 0 bridgehead atoms. The first-order chi connectivity index (χ1) is 21.4. The van der Waals surface area contributed by atoms with Crippen molar-refractivity contribution in [2.45, 2.75) is 50.4 Å². The molecule has 0 spiro atoms. The van der Waals surface area contributed by atoms with Crippen molar-refractivity contribution in [1.29, 1.82) is 0 Å². The maximum atomic E-state index is 12.2. The van der Waals surface area contributed by atoms with Crippen molar-refractivity contribution < 1.29 is 22.6 Å². The molecule has 44 heavy (non-hydrogen) atoms. The van der Waals surface area contributed by atoms with E-state index in [1.807, 2.05) is 54.6 Å². The van der Waals surface area contributed by atoms with Gasteiger partial charge >= 0.3 is 0 Å². The Labute approximate surface area is 261 Å². The largest absolute Gasteiger partial charge is 0.492 e. The molecule has 1 atom stereocenters. The highest BCUT2D eigenvalue weighted by Crippen LogP contribution is 2.42. The summed E-state index contributed by atoms with van der Waals surface area (Å²) in [7, 11) is -3.08. The van der Waals surface area contributed by atoms with Gasteiger partial charge in [-0.25, -0.2) is 8.42 Å². The third-order valence-electron chi connectivity index (χ3n) is 8.67. The quantitative estimate of drug-likeness (QED) is 0.171. The maximum Gasteiger partial charge on any atom is 0.150 e. The Hall–Kier alpha value is -3.81. The number of rotatable bonds is 11. The van der Waals surface area contributed by atoms with E-state index in [1.54, 1.807) is 0 Å². The summed E-state index contributed by atoms with van der Waals surface area (Å²) in [5, 5.41) is 1.66. The van der Waals surface area contributed by atoms with Crippen molar-refractivity contribution in [3.63, 3.8) is 0 Å². The number of allylic oxidation sites excluding steroid dienone is 2. The van der Waals surface area contributed by atoms with E-state index < -0.39 is 9.84 Å². The molecule has 1 saturated heterocycles. The SMILES string of the molecule is CS(=O)(=O)C1CC=C(c2ccc3cc(OCc4ccccc4)ccc3c2Oc2ccc(OCCN3CCCCC3)cc2)CC1. The first kappa shape index (κ1) is 30.2. The van der Waals surface area contributed by atoms with Crippen LogP contribution in [-0.2, 0) is 16.4 Å². The normalized spacial score (nSPS) is 17.7. The van der Waals surface area contributed by atoms with E-state index in [0.29, 0.717) is 32.5 Å². The lowest BCUT2D eigenvalue weighted by atomic mass is 9.91. The van der Waals surface area contributed by atoms with Gasteiger partial charge in [0.15, 0.2) is 9.84 Å². The van der Waals surface area contributed by atoms with E-state index in [9.17, 15) is 8.42 Å². The summed E-state index contributed by atoms with van der Waals surface area (Å²) < 4.78 is 43.1. The maximum absolute atomic E-state index is 12.2. The average molecular weight is 612 g/mol. The van der Waals surface area contributed by atoms with Crippen LogP contribution in [-0.4, -0.2) is 51.1 Å². The van der Waals surface area contributed by atoms with Crippen molar-refractivity contribution >= 4 is 26.2 Å². The highest BCUT2D eigenvalue weighted by Gasteiger charge is 2.25. The minimum atomic E-state index is -3.08. The molecule has 4 aromatic rings. The zero-order valence-corrected chi connectivity index (χ0v) is 26.2. The van der Waals surface area contributed by atoms with E-state index >= 15 is 0 Å². The van der Waals surface area contributed by atoms with Crippen LogP contribution in [0, 0.1) is 0 Å². The molecule has 6 rings (SSSR count). The van der Waals surface area contributed by atoms with E-state index in [2.05, 4.69) is 41.3 Å². The van der Waals surface area contributed by atoms with Gasteiger partial charge in [0.25, 0.3) is 0 Å². The van der Waals surface area contributed by atoms with Gasteiger partial charge < -0.3 is 14.2 Å². The second kappa shape index (κ2) is 13.9. The molecular weight excluding hydrogens is 570 g/mol. The van der Waals surface area contributed by atoms with E-state index in [1.165, 1.54) is 25.5 Å². The van der Waals surface area contributed by atoms with E-state index in [0.717, 1.165) is 70.1 Å². The highest BCUT2D eigenvalue weighted by molar-refractivity contribution is 7.91. The van der Waals surface area contributed by atoms with Gasteiger partial charge in [-0.3, -0.25) is 4.90 Å². The van der Waals surface area contributed by atoms with Gasteiger partial charge in [-0.1, -0.05) is 55.0 Å². The second-order valence-electron chi connectivity index (χ2n) is 11.9. The molecule has 1 fully saturated rings. The molecule has 0 saturated carbocycles. The van der Waals surface area contributed by atoms with Crippen molar-refractivity contribution in [2.24, 2.45) is 0 Å². The zero-order valence-electron chi connectivity index (χ0n) is 25.4. The van der Waals surface area contributed by atoms with Crippen molar-refractivity contribution in [2.75, 3.05) is 32.5 Å². The number of ether oxygens (including phenoxy) is 3. The van der Waals surface area contributed by atoms with Crippen LogP contribution in [0.15, 0.2) is 91.0 Å². The Balaban J connectivity index is 1.23. The summed E-state index contributed by atoms with van der Waals surface area (Å²) in [6, 6.07) is 28.2. The predicted molar refractivity (Wildman–Crippen MR) is 177 cm³/mol. The summed E-state index contributed by atoms with van der Waals surface area (Å²) in [5.41, 5.74) is 3.22. The molecule has 7 heteroatoms. The molecule has 1 unspecified atom stereocenters. The van der Waals surface area contributed by atoms with Crippen LogP contribution in [0.2, 0.25) is 0 Å². The summed E-state index contributed by atoms with van der Waals surface area (Å²) in [6.07, 6.45) is 9.10. The summed E-state index contributed by atoms with van der Waals surface area (Å²) in [5.74, 6) is 3.10. The van der Waals surface area contributed by atoms with Gasteiger partial charge in [0.05, 0.1) is 5.25 Å². The number of nitrogens with zero attached hydrogens (tertiary/aromatic N) is 1. The van der Waals surface area contributed by atoms with Crippen molar-refractivity contribution in [3.05, 3.63) is 102 Å². The number of likely N-dealkylation sites (tertiary alicyclic amines) is 1. The molecular formula is C37H41NO5S. The molecule has 4 aromatic carbocycles. The van der Waals surface area contributed by atoms with Crippen molar-refractivity contribution in [1.82, 2.24) is 4.90 Å². The smallest absolute Gasteiger partial charge is 0.150 e. The number of sulfone groups is 1. The topological polar surface area (TPSA) is 65.1 Å². The first-order valence-electron chi connectivity index (χ1n) is 15.7. The zero-order chi connectivity index (χ0) is 30.4. The van der Waals surface area contributed by atoms with Crippen LogP contribution < -0.4 is 14.2 Å². The fourth-order valence-corrected chi connectivity index (χ4v) is 7.11. The number of benzene rings is 4. The second-order valence-corrected chi connectivity index (χ2v) is 14.2. The molecule has 0 radical (unpaired) electrons. The van der Waals surface area contributed by atoms with Crippen LogP contribution in [0.1, 0.15) is 49.7 Å². The van der Waals surface area contributed by atoms with Crippen molar-refractivity contribution in [3.8, 4) is 23.0 Å². The molecule has 1 heterocycles. The Bertz CT molecular complexity index is 1690. The molecule has 2 aliphatic rings. The Morgan fingerprint density at radius 3 is 2.30 bits per heavy atom. The Morgan fingerprint density at radius 2 is 1.57 bits per heavy atom. The number of hydrogen-bond acceptors (Lipinski definition) is 6. The minimum absolute atomic E-state index is 0.331. The molecule has 1 aliphatic carbocycles. The van der Waals surface area contributed by atoms with Gasteiger partial charge in [-0.15, -0.1) is 0 Å². The lowest BCUT2D eigenvalue weighted by Gasteiger charge is -2.26. The summed E-state index contributed by atoms with van der Waals surface area (Å²) in [4.78, 5) is 2.47. The first-order valence-corrected chi connectivity index (χ1v) is 17.6. The van der Waals surface area contributed by atoms with Gasteiger partial charge in [0.2, 0.25) is 0 Å². The Morgan fingerprint density at radius 1 is 0.818 bits per heavy atom. The fourth-order valence-electron chi connectivity index (χ4n) is 6.11. The molecule has 0 N–H and O–H groups in total. The number of piperidine rings is 1. The van der Waals surface area contributed by atoms with Crippen LogP contribution in [0.4, 0.5) is 0 Å². The molecule has 6 nitrogen and oxygen atoms in total. The van der Waals surface area contributed by atoms with Crippen LogP contribution in [0.25, 0.3) is 16.3 Å².